The van der Waals surface area contributed by atoms with E-state index < -0.39 is 11.2 Å². The van der Waals surface area contributed by atoms with Gasteiger partial charge in [-0.15, -0.1) is 5.10 Å². The fourth-order valence-electron chi connectivity index (χ4n) is 3.02. The van der Waals surface area contributed by atoms with Crippen molar-refractivity contribution < 1.29 is 19.5 Å². The highest BCUT2D eigenvalue weighted by atomic mass is 32.2. The molecule has 148 valence electrons. The predicted molar refractivity (Wildman–Crippen MR) is 109 cm³/mol. The second-order valence-electron chi connectivity index (χ2n) is 6.72. The van der Waals surface area contributed by atoms with Gasteiger partial charge >= 0.3 is 5.97 Å². The number of amides is 2. The van der Waals surface area contributed by atoms with Crippen LogP contribution in [-0.2, 0) is 9.59 Å². The van der Waals surface area contributed by atoms with Crippen LogP contribution in [0.4, 0.5) is 5.69 Å². The van der Waals surface area contributed by atoms with Crippen LogP contribution in [0.25, 0.3) is 0 Å². The Hall–Kier alpha value is -2.68. The fourth-order valence-corrected chi connectivity index (χ4v) is 3.93. The van der Waals surface area contributed by atoms with E-state index >= 15 is 0 Å². The molecule has 28 heavy (non-hydrogen) atoms. The average Bonchev–Trinajstić information content (AvgIpc) is 2.86. The summed E-state index contributed by atoms with van der Waals surface area (Å²) in [5, 5.41) is 22.5. The van der Waals surface area contributed by atoms with Gasteiger partial charge in [-0.1, -0.05) is 24.6 Å². The molecule has 1 saturated carbocycles. The topological polar surface area (TPSA) is 120 Å². The van der Waals surface area contributed by atoms with Gasteiger partial charge in [0.25, 0.3) is 0 Å². The Kier molecular flexibility index (Phi) is 6.80. The molecule has 1 aromatic rings. The number of anilines is 1. The smallest absolute Gasteiger partial charge is 0.335 e. The van der Waals surface area contributed by atoms with E-state index in [1.54, 1.807) is 0 Å². The van der Waals surface area contributed by atoms with E-state index in [1.807, 2.05) is 0 Å². The maximum absolute atomic E-state index is 12.2. The van der Waals surface area contributed by atoms with Crippen LogP contribution in [-0.4, -0.2) is 39.0 Å². The summed E-state index contributed by atoms with van der Waals surface area (Å²) in [6.45, 7) is 0. The van der Waals surface area contributed by atoms with Gasteiger partial charge in [0, 0.05) is 17.8 Å². The highest BCUT2D eigenvalue weighted by Gasteiger charge is 2.32. The fraction of sp³-hybridized carbons (Fsp3) is 0.421. The van der Waals surface area contributed by atoms with Gasteiger partial charge in [0.05, 0.1) is 5.56 Å². The lowest BCUT2D eigenvalue weighted by Crippen LogP contribution is -2.28. The van der Waals surface area contributed by atoms with Crippen molar-refractivity contribution in [2.75, 3.05) is 5.32 Å². The number of benzene rings is 1. The Morgan fingerprint density at radius 3 is 2.43 bits per heavy atom. The number of rotatable bonds is 5. The van der Waals surface area contributed by atoms with Crippen LogP contribution >= 0.6 is 11.8 Å². The molecule has 0 bridgehead atoms. The zero-order chi connectivity index (χ0) is 19.9. The second kappa shape index (κ2) is 9.50. The van der Waals surface area contributed by atoms with Crippen molar-refractivity contribution >= 4 is 46.1 Å². The zero-order valence-corrected chi connectivity index (χ0v) is 16.1. The zero-order valence-electron chi connectivity index (χ0n) is 15.3. The number of carboxylic acids is 1. The number of carbonyl (C=O) groups is 3. The van der Waals surface area contributed by atoms with Crippen molar-refractivity contribution in [3.63, 3.8) is 0 Å². The first kappa shape index (κ1) is 20.1. The number of nitrogens with one attached hydrogen (secondary N) is 2. The van der Waals surface area contributed by atoms with Crippen LogP contribution in [0.1, 0.15) is 55.3 Å². The molecule has 1 atom stereocenters. The molecule has 0 aromatic heterocycles. The van der Waals surface area contributed by atoms with Crippen molar-refractivity contribution in [3.8, 4) is 0 Å². The third-order valence-corrected chi connectivity index (χ3v) is 5.60. The summed E-state index contributed by atoms with van der Waals surface area (Å²) in [4.78, 5) is 35.1. The molecule has 1 heterocycles. The molecular weight excluding hydrogens is 380 g/mol. The van der Waals surface area contributed by atoms with E-state index in [0.29, 0.717) is 10.9 Å². The van der Waals surface area contributed by atoms with Crippen LogP contribution in [0.15, 0.2) is 34.5 Å². The van der Waals surface area contributed by atoms with Crippen molar-refractivity contribution in [3.05, 3.63) is 29.8 Å². The Morgan fingerprint density at radius 2 is 1.79 bits per heavy atom. The van der Waals surface area contributed by atoms with Crippen LogP contribution in [0.3, 0.4) is 0 Å². The summed E-state index contributed by atoms with van der Waals surface area (Å²) in [5.74, 6) is -1.62. The van der Waals surface area contributed by atoms with Gasteiger partial charge < -0.3 is 15.7 Å². The van der Waals surface area contributed by atoms with Crippen LogP contribution in [0.5, 0.6) is 0 Å². The quantitative estimate of drug-likeness (QED) is 0.516. The van der Waals surface area contributed by atoms with Crippen LogP contribution in [0.2, 0.25) is 0 Å². The summed E-state index contributed by atoms with van der Waals surface area (Å²) in [5.41, 5.74) is 1.68. The monoisotopic (exact) mass is 402 g/mol. The third-order valence-electron chi connectivity index (χ3n) is 4.53. The van der Waals surface area contributed by atoms with Crippen molar-refractivity contribution in [2.24, 2.45) is 10.2 Å². The molecule has 2 fully saturated rings. The summed E-state index contributed by atoms with van der Waals surface area (Å²) < 4.78 is 0. The average molecular weight is 402 g/mol. The maximum atomic E-state index is 12.2. The number of amidine groups is 1. The minimum atomic E-state index is -1.03. The Morgan fingerprint density at radius 1 is 1.11 bits per heavy atom. The molecule has 1 aliphatic heterocycles. The van der Waals surface area contributed by atoms with E-state index in [1.165, 1.54) is 48.9 Å². The number of hydrogen-bond donors (Lipinski definition) is 3. The molecule has 2 amide bonds. The SMILES string of the molecule is O=C(CC1SC(=NN=C2CCCCCC2)NC1=O)Nc1ccc(C(=O)O)cc1. The molecule has 1 aliphatic carbocycles. The molecule has 8 nitrogen and oxygen atoms in total. The van der Waals surface area contributed by atoms with Crippen LogP contribution < -0.4 is 10.6 Å². The highest BCUT2D eigenvalue weighted by molar-refractivity contribution is 8.15. The van der Waals surface area contributed by atoms with Gasteiger partial charge in [-0.2, -0.15) is 5.10 Å². The van der Waals surface area contributed by atoms with Gasteiger partial charge in [0.15, 0.2) is 5.17 Å². The predicted octanol–water partition coefficient (Wildman–Crippen LogP) is 3.01. The summed E-state index contributed by atoms with van der Waals surface area (Å²) in [6.07, 6.45) is 6.57. The van der Waals surface area contributed by atoms with Crippen LogP contribution in [0, 0.1) is 0 Å². The van der Waals surface area contributed by atoms with Crippen molar-refractivity contribution in [1.29, 1.82) is 0 Å². The number of aromatic carboxylic acids is 1. The van der Waals surface area contributed by atoms with Gasteiger partial charge in [-0.3, -0.25) is 9.59 Å². The lowest BCUT2D eigenvalue weighted by atomic mass is 10.2. The molecule has 0 spiro atoms. The highest BCUT2D eigenvalue weighted by Crippen LogP contribution is 2.23. The Labute approximate surface area is 166 Å². The van der Waals surface area contributed by atoms with E-state index in [9.17, 15) is 14.4 Å². The first-order valence-corrected chi connectivity index (χ1v) is 10.1. The standard InChI is InChI=1S/C19H22N4O4S/c24-16(20-13-9-7-12(8-10-13)18(26)27)11-15-17(25)21-19(28-15)23-22-14-5-3-1-2-4-6-14/h7-10,15H,1-6,11H2,(H,20,24)(H,26,27)(H,21,23,25). The van der Waals surface area contributed by atoms with E-state index in [2.05, 4.69) is 20.8 Å². The van der Waals surface area contributed by atoms with Gasteiger partial charge in [0.2, 0.25) is 11.8 Å². The van der Waals surface area contributed by atoms with Gasteiger partial charge in [-0.05, 0) is 49.9 Å². The van der Waals surface area contributed by atoms with E-state index in [0.717, 1.165) is 31.4 Å². The lowest BCUT2D eigenvalue weighted by molar-refractivity contribution is -0.122. The summed E-state index contributed by atoms with van der Waals surface area (Å²) >= 11 is 1.20. The molecule has 2 aliphatic rings. The first-order chi connectivity index (χ1) is 13.5. The molecule has 0 radical (unpaired) electrons. The minimum Gasteiger partial charge on any atom is -0.478 e. The van der Waals surface area contributed by atoms with Gasteiger partial charge in [0.1, 0.15) is 5.25 Å². The number of carbonyl (C=O) groups excluding carboxylic acids is 2. The largest absolute Gasteiger partial charge is 0.478 e. The number of hydrogen-bond acceptors (Lipinski definition) is 6. The van der Waals surface area contributed by atoms with Gasteiger partial charge in [-0.25, -0.2) is 4.79 Å². The number of nitrogens with zero attached hydrogens (tertiary/aromatic N) is 2. The maximum Gasteiger partial charge on any atom is 0.335 e. The number of thioether (sulfide) groups is 1. The van der Waals surface area contributed by atoms with Crippen molar-refractivity contribution in [1.82, 2.24) is 5.32 Å². The second-order valence-corrected chi connectivity index (χ2v) is 7.91. The summed E-state index contributed by atoms with van der Waals surface area (Å²) in [7, 11) is 0. The Balaban J connectivity index is 1.53. The number of carboxylic acid groups (broad SMARTS) is 1. The molecule has 1 unspecified atom stereocenters. The molecule has 1 aromatic carbocycles. The molecule has 3 rings (SSSR count). The molecule has 9 heteroatoms. The molecule has 3 N–H and O–H groups in total. The molecule has 1 saturated heterocycles. The minimum absolute atomic E-state index is 0.00717. The Bertz CT molecular complexity index is 810. The van der Waals surface area contributed by atoms with E-state index in [4.69, 9.17) is 5.11 Å². The first-order valence-electron chi connectivity index (χ1n) is 9.25. The van der Waals surface area contributed by atoms with Crippen molar-refractivity contribution in [2.45, 2.75) is 50.2 Å². The summed E-state index contributed by atoms with van der Waals surface area (Å²) in [6, 6.07) is 5.84. The van der Waals surface area contributed by atoms with E-state index in [-0.39, 0.29) is 23.8 Å². The third kappa shape index (κ3) is 5.66. The normalized spacial score (nSPS) is 21.1. The molecular formula is C19H22N4O4S. The lowest BCUT2D eigenvalue weighted by Gasteiger charge is -2.07.